The van der Waals surface area contributed by atoms with E-state index in [4.69, 9.17) is 0 Å². The molecule has 1 N–H and O–H groups in total. The molecule has 0 fully saturated rings. The average molecular weight is 229 g/mol. The lowest BCUT2D eigenvalue weighted by Gasteiger charge is -2.07. The van der Waals surface area contributed by atoms with Crippen molar-refractivity contribution in [2.45, 2.75) is 20.0 Å². The van der Waals surface area contributed by atoms with Gasteiger partial charge in [0.1, 0.15) is 0 Å². The molecule has 0 spiro atoms. The van der Waals surface area contributed by atoms with E-state index in [1.54, 1.807) is 10.8 Å². The molecule has 0 saturated heterocycles. The Labute approximate surface area is 100 Å². The Balaban J connectivity index is 2.05. The highest BCUT2D eigenvalue weighted by molar-refractivity contribution is 5.31. The monoisotopic (exact) mass is 229 g/mol. The first-order valence-electron chi connectivity index (χ1n) is 5.46. The van der Waals surface area contributed by atoms with E-state index in [9.17, 15) is 0 Å². The van der Waals surface area contributed by atoms with Crippen molar-refractivity contribution < 1.29 is 0 Å². The maximum atomic E-state index is 3.92. The average Bonchev–Trinajstić information content (AvgIpc) is 2.76. The molecular formula is C12H15N5. The van der Waals surface area contributed by atoms with Gasteiger partial charge in [0.25, 0.3) is 0 Å². The predicted octanol–water partition coefficient (Wildman–Crippen LogP) is 1.78. The van der Waals surface area contributed by atoms with Crippen LogP contribution in [0.5, 0.6) is 0 Å². The summed E-state index contributed by atoms with van der Waals surface area (Å²) in [5, 5.41) is 14.6. The number of benzene rings is 1. The van der Waals surface area contributed by atoms with Crippen molar-refractivity contribution in [3.63, 3.8) is 0 Å². The Bertz CT molecular complexity index is 503. The molecular weight excluding hydrogens is 214 g/mol. The van der Waals surface area contributed by atoms with E-state index in [1.165, 1.54) is 11.1 Å². The first-order chi connectivity index (χ1) is 8.31. The zero-order valence-electron chi connectivity index (χ0n) is 9.80. The highest BCUT2D eigenvalue weighted by Crippen LogP contribution is 2.09. The van der Waals surface area contributed by atoms with E-state index in [0.29, 0.717) is 19.0 Å². The molecule has 2 rings (SSSR count). The van der Waals surface area contributed by atoms with Gasteiger partial charge < -0.3 is 5.32 Å². The van der Waals surface area contributed by atoms with E-state index in [0.717, 1.165) is 0 Å². The molecule has 0 amide bonds. The quantitative estimate of drug-likeness (QED) is 0.794. The summed E-state index contributed by atoms with van der Waals surface area (Å²) < 4.78 is 1.67. The van der Waals surface area contributed by atoms with E-state index in [2.05, 4.69) is 46.5 Å². The van der Waals surface area contributed by atoms with Crippen LogP contribution in [0.4, 0.5) is 5.95 Å². The summed E-state index contributed by atoms with van der Waals surface area (Å²) in [5.74, 6) is 0.660. The first-order valence-corrected chi connectivity index (χ1v) is 5.46. The van der Waals surface area contributed by atoms with Crippen molar-refractivity contribution in [1.82, 2.24) is 20.2 Å². The summed E-state index contributed by atoms with van der Waals surface area (Å²) in [5.41, 5.74) is 2.49. The predicted molar refractivity (Wildman–Crippen MR) is 66.5 cm³/mol. The Morgan fingerprint density at radius 2 is 2.24 bits per heavy atom. The summed E-state index contributed by atoms with van der Waals surface area (Å²) in [4.78, 5) is 0. The fourth-order valence-electron chi connectivity index (χ4n) is 1.56. The number of nitrogens with one attached hydrogen (secondary N) is 1. The Morgan fingerprint density at radius 1 is 1.41 bits per heavy atom. The van der Waals surface area contributed by atoms with Crippen LogP contribution < -0.4 is 5.32 Å². The molecule has 5 heteroatoms. The molecule has 0 bridgehead atoms. The lowest BCUT2D eigenvalue weighted by Crippen LogP contribution is -2.08. The maximum Gasteiger partial charge on any atom is 0.243 e. The fourth-order valence-corrected chi connectivity index (χ4v) is 1.56. The molecule has 17 heavy (non-hydrogen) atoms. The number of aryl methyl sites for hydroxylation is 1. The number of hydrogen-bond donors (Lipinski definition) is 1. The third-order valence-electron chi connectivity index (χ3n) is 2.53. The van der Waals surface area contributed by atoms with Gasteiger partial charge in [0, 0.05) is 6.54 Å². The third-order valence-corrected chi connectivity index (χ3v) is 2.53. The van der Waals surface area contributed by atoms with E-state index < -0.39 is 0 Å². The van der Waals surface area contributed by atoms with Gasteiger partial charge >= 0.3 is 0 Å². The van der Waals surface area contributed by atoms with Crippen molar-refractivity contribution in [3.05, 3.63) is 48.0 Å². The van der Waals surface area contributed by atoms with Crippen LogP contribution in [0, 0.1) is 6.92 Å². The van der Waals surface area contributed by atoms with Crippen LogP contribution in [-0.4, -0.2) is 20.2 Å². The summed E-state index contributed by atoms with van der Waals surface area (Å²) >= 11 is 0. The molecule has 0 unspecified atom stereocenters. The van der Waals surface area contributed by atoms with Crippen molar-refractivity contribution in [3.8, 4) is 0 Å². The molecule has 0 aliphatic heterocycles. The molecule has 88 valence electrons. The van der Waals surface area contributed by atoms with Gasteiger partial charge in [0.2, 0.25) is 5.95 Å². The second-order valence-electron chi connectivity index (χ2n) is 3.75. The van der Waals surface area contributed by atoms with Gasteiger partial charge in [-0.15, -0.1) is 6.58 Å². The number of rotatable bonds is 5. The van der Waals surface area contributed by atoms with Crippen molar-refractivity contribution in [1.29, 1.82) is 0 Å². The van der Waals surface area contributed by atoms with Crippen LogP contribution >= 0.6 is 0 Å². The normalized spacial score (nSPS) is 10.2. The summed E-state index contributed by atoms with van der Waals surface area (Å²) in [6, 6.07) is 8.23. The van der Waals surface area contributed by atoms with Crippen LogP contribution in [-0.2, 0) is 13.1 Å². The molecule has 1 aromatic heterocycles. The second-order valence-corrected chi connectivity index (χ2v) is 3.75. The Kier molecular flexibility index (Phi) is 3.49. The molecule has 1 heterocycles. The number of hydrogen-bond acceptors (Lipinski definition) is 4. The second kappa shape index (κ2) is 5.25. The first kappa shape index (κ1) is 11.3. The van der Waals surface area contributed by atoms with E-state index in [1.807, 2.05) is 12.1 Å². The molecule has 2 aromatic rings. The number of tetrazole rings is 1. The smallest absolute Gasteiger partial charge is 0.243 e. The van der Waals surface area contributed by atoms with Crippen LogP contribution in [0.2, 0.25) is 0 Å². The summed E-state index contributed by atoms with van der Waals surface area (Å²) in [6.07, 6.45) is 1.76. The minimum Gasteiger partial charge on any atom is -0.349 e. The molecule has 0 saturated carbocycles. The van der Waals surface area contributed by atoms with Crippen LogP contribution in [0.15, 0.2) is 36.9 Å². The van der Waals surface area contributed by atoms with Gasteiger partial charge in [0.15, 0.2) is 0 Å². The molecule has 0 radical (unpaired) electrons. The molecule has 1 aromatic carbocycles. The minimum atomic E-state index is 0.600. The van der Waals surface area contributed by atoms with Gasteiger partial charge in [-0.2, -0.15) is 0 Å². The van der Waals surface area contributed by atoms with Gasteiger partial charge in [-0.3, -0.25) is 0 Å². The number of anilines is 1. The molecule has 0 aliphatic carbocycles. The Morgan fingerprint density at radius 3 is 3.00 bits per heavy atom. The minimum absolute atomic E-state index is 0.600. The highest BCUT2D eigenvalue weighted by Gasteiger charge is 2.04. The fraction of sp³-hybridized carbons (Fsp3) is 0.250. The van der Waals surface area contributed by atoms with E-state index in [-0.39, 0.29) is 0 Å². The SMILES string of the molecule is C=CCn1nnnc1NCc1ccccc1C. The highest BCUT2D eigenvalue weighted by atomic mass is 15.6. The lowest BCUT2D eigenvalue weighted by molar-refractivity contribution is 0.663. The van der Waals surface area contributed by atoms with Gasteiger partial charge in [-0.1, -0.05) is 35.4 Å². The Hall–Kier alpha value is -2.17. The van der Waals surface area contributed by atoms with Crippen LogP contribution in [0.1, 0.15) is 11.1 Å². The van der Waals surface area contributed by atoms with Crippen molar-refractivity contribution in [2.75, 3.05) is 5.32 Å². The topological polar surface area (TPSA) is 55.6 Å². The number of nitrogens with zero attached hydrogens (tertiary/aromatic N) is 4. The van der Waals surface area contributed by atoms with Gasteiger partial charge in [0.05, 0.1) is 6.54 Å². The summed E-state index contributed by atoms with van der Waals surface area (Å²) in [6.45, 7) is 7.06. The maximum absolute atomic E-state index is 3.92. The summed E-state index contributed by atoms with van der Waals surface area (Å²) in [7, 11) is 0. The zero-order chi connectivity index (χ0) is 12.1. The molecule has 0 atom stereocenters. The third kappa shape index (κ3) is 2.69. The van der Waals surface area contributed by atoms with Gasteiger partial charge in [-0.05, 0) is 28.5 Å². The number of allylic oxidation sites excluding steroid dienone is 1. The standard InChI is InChI=1S/C12H15N5/c1-3-8-17-12(14-15-16-17)13-9-11-7-5-4-6-10(11)2/h3-7H,1,8-9H2,2H3,(H,13,14,16). The van der Waals surface area contributed by atoms with Crippen LogP contribution in [0.3, 0.4) is 0 Å². The van der Waals surface area contributed by atoms with Crippen molar-refractivity contribution in [2.24, 2.45) is 0 Å². The number of aromatic nitrogens is 4. The largest absolute Gasteiger partial charge is 0.349 e. The van der Waals surface area contributed by atoms with Crippen LogP contribution in [0.25, 0.3) is 0 Å². The molecule has 0 aliphatic rings. The van der Waals surface area contributed by atoms with E-state index >= 15 is 0 Å². The lowest BCUT2D eigenvalue weighted by atomic mass is 10.1. The van der Waals surface area contributed by atoms with Crippen molar-refractivity contribution >= 4 is 5.95 Å². The zero-order valence-corrected chi connectivity index (χ0v) is 9.80. The van der Waals surface area contributed by atoms with Gasteiger partial charge in [-0.25, -0.2) is 4.68 Å². The molecule has 5 nitrogen and oxygen atoms in total.